The number of aromatic nitrogens is 2. The van der Waals surface area contributed by atoms with E-state index in [0.29, 0.717) is 18.8 Å². The summed E-state index contributed by atoms with van der Waals surface area (Å²) < 4.78 is 78.4. The molecule has 1 N–H and O–H groups in total. The highest BCUT2D eigenvalue weighted by atomic mass is 32.2. The number of halogens is 3. The SMILES string of the molecule is O=S(=O)(Nc1ncns1)c1ccc2c(c1)OCC[C@@H]2N1CCC(C(F)(F)F)C[C@@H]1c1ccccc1. The minimum absolute atomic E-state index is 0.0154. The number of nitrogens with one attached hydrogen (secondary N) is 1. The van der Waals surface area contributed by atoms with Crippen molar-refractivity contribution in [2.75, 3.05) is 17.9 Å². The Hall–Kier alpha value is -2.70. The van der Waals surface area contributed by atoms with Crippen LogP contribution in [-0.2, 0) is 10.0 Å². The molecular weight excluding hydrogens is 501 g/mol. The second-order valence-corrected chi connectivity index (χ2v) is 11.1. The average Bonchev–Trinajstić information content (AvgIpc) is 3.35. The number of hydrogen-bond donors (Lipinski definition) is 1. The molecule has 7 nitrogen and oxygen atoms in total. The highest BCUT2D eigenvalue weighted by molar-refractivity contribution is 7.93. The van der Waals surface area contributed by atoms with Gasteiger partial charge in [-0.15, -0.1) is 0 Å². The van der Waals surface area contributed by atoms with Gasteiger partial charge in [0.05, 0.1) is 17.4 Å². The predicted octanol–water partition coefficient (Wildman–Crippen LogP) is 5.18. The van der Waals surface area contributed by atoms with Crippen LogP contribution in [0.15, 0.2) is 59.8 Å². The second-order valence-electron chi connectivity index (χ2n) is 8.63. The zero-order valence-corrected chi connectivity index (χ0v) is 20.1. The smallest absolute Gasteiger partial charge is 0.391 e. The summed E-state index contributed by atoms with van der Waals surface area (Å²) in [6.07, 6.45) is -2.37. The lowest BCUT2D eigenvalue weighted by molar-refractivity contribution is -0.192. The molecule has 2 aliphatic heterocycles. The summed E-state index contributed by atoms with van der Waals surface area (Å²) in [7, 11) is -3.90. The van der Waals surface area contributed by atoms with Crippen LogP contribution in [0.2, 0.25) is 0 Å². The molecule has 5 rings (SSSR count). The van der Waals surface area contributed by atoms with Crippen LogP contribution in [0.25, 0.3) is 0 Å². The molecule has 3 aromatic rings. The summed E-state index contributed by atoms with van der Waals surface area (Å²) in [6, 6.07) is 13.3. The lowest BCUT2D eigenvalue weighted by Gasteiger charge is -2.46. The number of anilines is 1. The third-order valence-corrected chi connectivity index (χ3v) is 8.62. The van der Waals surface area contributed by atoms with Crippen LogP contribution in [0.1, 0.15) is 42.5 Å². The highest BCUT2D eigenvalue weighted by Gasteiger charge is 2.46. The molecule has 0 radical (unpaired) electrons. The normalized spacial score (nSPS) is 23.3. The maximum Gasteiger partial charge on any atom is 0.391 e. The summed E-state index contributed by atoms with van der Waals surface area (Å²) in [6.45, 7) is 0.623. The van der Waals surface area contributed by atoms with Crippen molar-refractivity contribution in [2.24, 2.45) is 5.92 Å². The predicted molar refractivity (Wildman–Crippen MR) is 125 cm³/mol. The zero-order valence-electron chi connectivity index (χ0n) is 18.5. The van der Waals surface area contributed by atoms with Crippen molar-refractivity contribution in [3.8, 4) is 5.75 Å². The average molecular weight is 525 g/mol. The van der Waals surface area contributed by atoms with Gasteiger partial charge in [0, 0.05) is 41.7 Å². The number of likely N-dealkylation sites (tertiary alicyclic amines) is 1. The fourth-order valence-corrected chi connectivity index (χ4v) is 6.59. The fraction of sp³-hybridized carbons (Fsp3) is 0.391. The fourth-order valence-electron chi connectivity index (χ4n) is 4.91. The monoisotopic (exact) mass is 524 g/mol. The van der Waals surface area contributed by atoms with Crippen molar-refractivity contribution in [2.45, 2.75) is 42.4 Å². The molecule has 0 saturated carbocycles. The molecule has 2 aliphatic rings. The molecule has 3 heterocycles. The second kappa shape index (κ2) is 9.40. The van der Waals surface area contributed by atoms with Crippen LogP contribution in [0.4, 0.5) is 18.3 Å². The van der Waals surface area contributed by atoms with Gasteiger partial charge in [-0.05, 0) is 31.0 Å². The van der Waals surface area contributed by atoms with E-state index in [1.165, 1.54) is 18.5 Å². The van der Waals surface area contributed by atoms with E-state index >= 15 is 0 Å². The van der Waals surface area contributed by atoms with Crippen LogP contribution in [0.5, 0.6) is 5.75 Å². The van der Waals surface area contributed by atoms with E-state index in [0.717, 1.165) is 22.7 Å². The lowest BCUT2D eigenvalue weighted by Crippen LogP contribution is -2.44. The van der Waals surface area contributed by atoms with E-state index < -0.39 is 28.2 Å². The standard InChI is InChI=1S/C23H23F3N4O3S2/c24-23(25,26)16-8-10-30(20(12-16)15-4-2-1-3-5-15)19-9-11-33-21-13-17(6-7-18(19)21)35(31,32)29-22-27-14-28-34-22/h1-7,13-14,16,19-20H,8-12H2,(H,27,28,29)/t16?,19-,20+/m0/s1. The van der Waals surface area contributed by atoms with Gasteiger partial charge in [-0.25, -0.2) is 13.4 Å². The van der Waals surface area contributed by atoms with E-state index in [2.05, 4.69) is 19.0 Å². The molecule has 0 aliphatic carbocycles. The first-order valence-electron chi connectivity index (χ1n) is 11.2. The number of nitrogens with zero attached hydrogens (tertiary/aromatic N) is 3. The van der Waals surface area contributed by atoms with E-state index in [1.807, 2.05) is 30.3 Å². The number of sulfonamides is 1. The molecule has 1 unspecified atom stereocenters. The van der Waals surface area contributed by atoms with Crippen LogP contribution in [0, 0.1) is 5.92 Å². The van der Waals surface area contributed by atoms with Crippen molar-refractivity contribution >= 4 is 26.7 Å². The Labute approximate surface area is 205 Å². The number of fused-ring (bicyclic) bond motifs is 1. The maximum absolute atomic E-state index is 13.6. The minimum atomic E-state index is -4.24. The molecule has 0 spiro atoms. The molecule has 12 heteroatoms. The summed E-state index contributed by atoms with van der Waals surface area (Å²) in [5.74, 6) is -0.937. The van der Waals surface area contributed by atoms with Gasteiger partial charge < -0.3 is 4.74 Å². The Balaban J connectivity index is 1.46. The minimum Gasteiger partial charge on any atom is -0.493 e. The highest BCUT2D eigenvalue weighted by Crippen LogP contribution is 2.48. The summed E-state index contributed by atoms with van der Waals surface area (Å²) in [5.41, 5.74) is 1.62. The zero-order chi connectivity index (χ0) is 24.6. The molecule has 35 heavy (non-hydrogen) atoms. The van der Waals surface area contributed by atoms with Gasteiger partial charge >= 0.3 is 6.18 Å². The largest absolute Gasteiger partial charge is 0.493 e. The van der Waals surface area contributed by atoms with Crippen molar-refractivity contribution < 1.29 is 26.3 Å². The van der Waals surface area contributed by atoms with E-state index in [1.54, 1.807) is 6.07 Å². The molecule has 0 amide bonds. The van der Waals surface area contributed by atoms with Gasteiger partial charge in [0.2, 0.25) is 5.13 Å². The van der Waals surface area contributed by atoms with Gasteiger partial charge in [0.15, 0.2) is 0 Å². The molecule has 1 fully saturated rings. The molecule has 3 atom stereocenters. The first kappa shape index (κ1) is 24.0. The third-order valence-electron chi connectivity index (χ3n) is 6.58. The maximum atomic E-state index is 13.6. The van der Waals surface area contributed by atoms with Crippen molar-refractivity contribution in [1.29, 1.82) is 0 Å². The summed E-state index contributed by atoms with van der Waals surface area (Å²) in [4.78, 5) is 5.98. The number of ether oxygens (including phenoxy) is 1. The van der Waals surface area contributed by atoms with Crippen LogP contribution < -0.4 is 9.46 Å². The molecule has 0 bridgehead atoms. The Morgan fingerprint density at radius 1 is 1.09 bits per heavy atom. The lowest BCUT2D eigenvalue weighted by atomic mass is 9.84. The van der Waals surface area contributed by atoms with Crippen LogP contribution in [0.3, 0.4) is 0 Å². The first-order valence-corrected chi connectivity index (χ1v) is 13.4. The summed E-state index contributed by atoms with van der Waals surface area (Å²) >= 11 is 0.923. The molecule has 186 valence electrons. The number of hydrogen-bond acceptors (Lipinski definition) is 7. The summed E-state index contributed by atoms with van der Waals surface area (Å²) in [5, 5.41) is 0.153. The van der Waals surface area contributed by atoms with Crippen LogP contribution >= 0.6 is 11.5 Å². The van der Waals surface area contributed by atoms with Gasteiger partial charge in [-0.1, -0.05) is 36.4 Å². The topological polar surface area (TPSA) is 84.4 Å². The number of rotatable bonds is 5. The Morgan fingerprint density at radius 2 is 1.89 bits per heavy atom. The molecule has 1 saturated heterocycles. The van der Waals surface area contributed by atoms with Crippen molar-refractivity contribution in [1.82, 2.24) is 14.3 Å². The number of benzene rings is 2. The van der Waals surface area contributed by atoms with E-state index in [9.17, 15) is 21.6 Å². The molecule has 2 aromatic carbocycles. The quantitative estimate of drug-likeness (QED) is 0.495. The van der Waals surface area contributed by atoms with E-state index in [4.69, 9.17) is 4.74 Å². The van der Waals surface area contributed by atoms with Crippen molar-refractivity contribution in [3.05, 3.63) is 66.0 Å². The Kier molecular flexibility index (Phi) is 6.45. The van der Waals surface area contributed by atoms with E-state index in [-0.39, 0.29) is 35.5 Å². The van der Waals surface area contributed by atoms with Gasteiger partial charge in [0.25, 0.3) is 10.0 Å². The number of piperidine rings is 1. The first-order chi connectivity index (χ1) is 16.7. The third kappa shape index (κ3) is 5.00. The van der Waals surface area contributed by atoms with Crippen molar-refractivity contribution in [3.63, 3.8) is 0 Å². The Morgan fingerprint density at radius 3 is 2.60 bits per heavy atom. The van der Waals surface area contributed by atoms with Gasteiger partial charge in [-0.2, -0.15) is 17.5 Å². The van der Waals surface area contributed by atoms with Gasteiger partial charge in [-0.3, -0.25) is 9.62 Å². The van der Waals surface area contributed by atoms with Gasteiger partial charge in [0.1, 0.15) is 12.1 Å². The Bertz CT molecular complexity index is 1270. The molecule has 1 aromatic heterocycles. The molecular formula is C23H23F3N4O3S2. The number of alkyl halides is 3. The van der Waals surface area contributed by atoms with Crippen LogP contribution in [-0.4, -0.2) is 42.0 Å².